The fraction of sp³-hybridized carbons (Fsp3) is 0.364. The number of aromatic nitrogens is 4. The van der Waals surface area contributed by atoms with Crippen molar-refractivity contribution in [2.75, 3.05) is 17.3 Å². The maximum Gasteiger partial charge on any atom is 0.230 e. The van der Waals surface area contributed by atoms with Gasteiger partial charge in [0.05, 0.1) is 22.9 Å². The molecule has 1 fully saturated rings. The largest absolute Gasteiger partial charge is 0.352 e. The lowest BCUT2D eigenvalue weighted by atomic mass is 10.0. The number of thioether (sulfide) groups is 1. The summed E-state index contributed by atoms with van der Waals surface area (Å²) >= 11 is 1.28. The molecule has 1 aliphatic heterocycles. The first-order valence-corrected chi connectivity index (χ1v) is 13.2. The van der Waals surface area contributed by atoms with Crippen molar-refractivity contribution in [2.45, 2.75) is 37.4 Å². The summed E-state index contributed by atoms with van der Waals surface area (Å²) < 4.78 is 25.3. The number of carbonyl (C=O) groups excluding carboxylic acids is 1. The number of nitrogens with one attached hydrogen (secondary N) is 1. The Bertz CT molecular complexity index is 1210. The van der Waals surface area contributed by atoms with Gasteiger partial charge in [-0.3, -0.25) is 14.3 Å². The topological polar surface area (TPSA) is 107 Å². The molecule has 0 spiro atoms. The second kappa shape index (κ2) is 9.41. The quantitative estimate of drug-likeness (QED) is 0.528. The molecule has 1 atom stereocenters. The van der Waals surface area contributed by atoms with Crippen molar-refractivity contribution in [3.8, 4) is 17.1 Å². The van der Waals surface area contributed by atoms with E-state index >= 15 is 0 Å². The van der Waals surface area contributed by atoms with Crippen LogP contribution in [0.1, 0.15) is 31.7 Å². The fourth-order valence-corrected chi connectivity index (χ4v) is 6.18. The summed E-state index contributed by atoms with van der Waals surface area (Å²) in [7, 11) is -3.05. The minimum Gasteiger partial charge on any atom is -0.352 e. The van der Waals surface area contributed by atoms with Crippen LogP contribution in [0.5, 0.6) is 0 Å². The SMILES string of the molecule is CC(C)c1ccccc1-n1c(SCC(=O)NC2CCS(=O)(=O)C2)nnc1-c1cccnc1. The van der Waals surface area contributed by atoms with E-state index in [0.29, 0.717) is 17.4 Å². The molecule has 1 N–H and O–H groups in total. The first-order chi connectivity index (χ1) is 15.3. The first-order valence-electron chi connectivity index (χ1n) is 10.4. The number of nitrogens with zero attached hydrogens (tertiary/aromatic N) is 4. The second-order valence-corrected chi connectivity index (χ2v) is 11.2. The maximum absolute atomic E-state index is 12.5. The molecule has 32 heavy (non-hydrogen) atoms. The lowest BCUT2D eigenvalue weighted by molar-refractivity contribution is -0.119. The van der Waals surface area contributed by atoms with Crippen LogP contribution in [0.25, 0.3) is 17.1 Å². The molecule has 3 heterocycles. The zero-order chi connectivity index (χ0) is 22.7. The monoisotopic (exact) mass is 471 g/mol. The molecule has 1 saturated heterocycles. The van der Waals surface area contributed by atoms with E-state index in [1.165, 1.54) is 11.8 Å². The number of benzene rings is 1. The number of para-hydroxylation sites is 1. The highest BCUT2D eigenvalue weighted by molar-refractivity contribution is 7.99. The van der Waals surface area contributed by atoms with Crippen LogP contribution in [0.4, 0.5) is 0 Å². The molecule has 0 bridgehead atoms. The van der Waals surface area contributed by atoms with Gasteiger partial charge in [0.15, 0.2) is 20.8 Å². The van der Waals surface area contributed by atoms with Gasteiger partial charge in [0.25, 0.3) is 0 Å². The first kappa shape index (κ1) is 22.5. The molecule has 168 valence electrons. The van der Waals surface area contributed by atoms with Gasteiger partial charge < -0.3 is 5.32 Å². The molecule has 4 rings (SSSR count). The molecule has 1 amide bonds. The van der Waals surface area contributed by atoms with Crippen LogP contribution in [0.2, 0.25) is 0 Å². The van der Waals surface area contributed by atoms with Gasteiger partial charge in [0.2, 0.25) is 5.91 Å². The lowest BCUT2D eigenvalue weighted by Crippen LogP contribution is -2.36. The molecule has 0 radical (unpaired) electrons. The summed E-state index contributed by atoms with van der Waals surface area (Å²) in [6.45, 7) is 4.26. The van der Waals surface area contributed by atoms with Crippen LogP contribution >= 0.6 is 11.8 Å². The standard InChI is InChI=1S/C22H25N5O3S2/c1-15(2)18-7-3-4-8-19(18)27-21(16-6-5-10-23-12-16)25-26-22(27)31-13-20(28)24-17-9-11-32(29,30)14-17/h3-8,10,12,15,17H,9,11,13-14H2,1-2H3,(H,24,28). The van der Waals surface area contributed by atoms with Crippen molar-refractivity contribution < 1.29 is 13.2 Å². The number of hydrogen-bond donors (Lipinski definition) is 1. The average molecular weight is 472 g/mol. The molecule has 1 aliphatic rings. The number of pyridine rings is 1. The predicted molar refractivity (Wildman–Crippen MR) is 125 cm³/mol. The van der Waals surface area contributed by atoms with Crippen molar-refractivity contribution >= 4 is 27.5 Å². The third kappa shape index (κ3) is 5.02. The van der Waals surface area contributed by atoms with E-state index in [1.54, 1.807) is 12.4 Å². The third-order valence-electron chi connectivity index (χ3n) is 5.28. The molecule has 0 aliphatic carbocycles. The van der Waals surface area contributed by atoms with Gasteiger partial charge in [-0.15, -0.1) is 10.2 Å². The summed E-state index contributed by atoms with van der Waals surface area (Å²) in [5, 5.41) is 12.2. The van der Waals surface area contributed by atoms with Crippen molar-refractivity contribution in [3.63, 3.8) is 0 Å². The number of sulfone groups is 1. The van der Waals surface area contributed by atoms with Gasteiger partial charge in [0.1, 0.15) is 0 Å². The average Bonchev–Trinajstić information content (AvgIpc) is 3.35. The lowest BCUT2D eigenvalue weighted by Gasteiger charge is -2.17. The van der Waals surface area contributed by atoms with E-state index in [0.717, 1.165) is 16.8 Å². The number of amides is 1. The van der Waals surface area contributed by atoms with Crippen molar-refractivity contribution in [1.82, 2.24) is 25.1 Å². The van der Waals surface area contributed by atoms with E-state index in [-0.39, 0.29) is 35.1 Å². The minimum absolute atomic E-state index is 0.00646. The Labute approximate surface area is 191 Å². The summed E-state index contributed by atoms with van der Waals surface area (Å²) in [5.41, 5.74) is 2.92. The molecule has 3 aromatic rings. The Kier molecular flexibility index (Phi) is 6.61. The van der Waals surface area contributed by atoms with Crippen molar-refractivity contribution in [1.29, 1.82) is 0 Å². The fourth-order valence-electron chi connectivity index (χ4n) is 3.75. The second-order valence-electron chi connectivity index (χ2n) is 8.05. The summed E-state index contributed by atoms with van der Waals surface area (Å²) in [6.07, 6.45) is 3.90. The Morgan fingerprint density at radius 1 is 1.22 bits per heavy atom. The van der Waals surface area contributed by atoms with E-state index in [1.807, 2.05) is 34.9 Å². The molecule has 8 nitrogen and oxygen atoms in total. The molecule has 10 heteroatoms. The molecular formula is C22H25N5O3S2. The van der Waals surface area contributed by atoms with Crippen LogP contribution in [0.15, 0.2) is 53.9 Å². The van der Waals surface area contributed by atoms with Crippen LogP contribution in [-0.4, -0.2) is 57.4 Å². The smallest absolute Gasteiger partial charge is 0.230 e. The number of rotatable bonds is 7. The molecule has 0 saturated carbocycles. The maximum atomic E-state index is 12.5. The van der Waals surface area contributed by atoms with E-state index in [4.69, 9.17) is 0 Å². The highest BCUT2D eigenvalue weighted by Gasteiger charge is 2.29. The normalized spacial score (nSPS) is 17.5. The van der Waals surface area contributed by atoms with E-state index < -0.39 is 9.84 Å². The van der Waals surface area contributed by atoms with Crippen molar-refractivity contribution in [3.05, 3.63) is 54.4 Å². The Morgan fingerprint density at radius 2 is 2.03 bits per heavy atom. The van der Waals surface area contributed by atoms with Crippen LogP contribution in [0, 0.1) is 0 Å². The van der Waals surface area contributed by atoms with E-state index in [9.17, 15) is 13.2 Å². The highest BCUT2D eigenvalue weighted by Crippen LogP contribution is 2.31. The van der Waals surface area contributed by atoms with Gasteiger partial charge in [-0.2, -0.15) is 0 Å². The van der Waals surface area contributed by atoms with Gasteiger partial charge in [-0.25, -0.2) is 8.42 Å². The van der Waals surface area contributed by atoms with Crippen LogP contribution in [0.3, 0.4) is 0 Å². The summed E-state index contributed by atoms with van der Waals surface area (Å²) in [4.78, 5) is 16.7. The predicted octanol–water partition coefficient (Wildman–Crippen LogP) is 2.85. The zero-order valence-corrected chi connectivity index (χ0v) is 19.6. The summed E-state index contributed by atoms with van der Waals surface area (Å²) in [5.74, 6) is 0.960. The zero-order valence-electron chi connectivity index (χ0n) is 17.9. The number of hydrogen-bond acceptors (Lipinski definition) is 7. The van der Waals surface area contributed by atoms with Crippen LogP contribution < -0.4 is 5.32 Å². The Hall–Kier alpha value is -2.72. The van der Waals surface area contributed by atoms with E-state index in [2.05, 4.69) is 40.4 Å². The molecule has 1 unspecified atom stereocenters. The van der Waals surface area contributed by atoms with Gasteiger partial charge in [-0.05, 0) is 36.1 Å². The van der Waals surface area contributed by atoms with Crippen LogP contribution in [-0.2, 0) is 14.6 Å². The van der Waals surface area contributed by atoms with Crippen molar-refractivity contribution in [2.24, 2.45) is 0 Å². The van der Waals surface area contributed by atoms with Gasteiger partial charge in [-0.1, -0.05) is 43.8 Å². The number of carbonyl (C=O) groups is 1. The minimum atomic E-state index is -3.05. The molecule has 1 aromatic carbocycles. The molecular weight excluding hydrogens is 446 g/mol. The Morgan fingerprint density at radius 3 is 2.72 bits per heavy atom. The Balaban J connectivity index is 1.62. The third-order valence-corrected chi connectivity index (χ3v) is 7.98. The van der Waals surface area contributed by atoms with Gasteiger partial charge >= 0.3 is 0 Å². The molecule has 2 aromatic heterocycles. The van der Waals surface area contributed by atoms with Gasteiger partial charge in [0, 0.05) is 24.0 Å². The highest BCUT2D eigenvalue weighted by atomic mass is 32.2. The summed E-state index contributed by atoms with van der Waals surface area (Å²) in [6, 6.07) is 11.5.